The number of hydrogen-bond acceptors (Lipinski definition) is 4. The van der Waals surface area contributed by atoms with Crippen molar-refractivity contribution >= 4 is 17.3 Å². The standard InChI is InChI=1S/C19H23FN4O/c1-3-9-24-19(25)18(23)17(22)14-6-4-5-13(16(14)21)15-10-12(20)8-7-11(15)2/h4-8,10H,3,9,21-23H2,1-2H3,(H,24,25)/b18-17+. The van der Waals surface area contributed by atoms with Gasteiger partial charge in [0.1, 0.15) is 11.5 Å². The van der Waals surface area contributed by atoms with Gasteiger partial charge in [-0.15, -0.1) is 0 Å². The van der Waals surface area contributed by atoms with Crippen molar-refractivity contribution in [2.24, 2.45) is 11.5 Å². The number of carbonyl (C=O) groups is 1. The predicted molar refractivity (Wildman–Crippen MR) is 99.6 cm³/mol. The van der Waals surface area contributed by atoms with Crippen molar-refractivity contribution in [3.05, 3.63) is 59.0 Å². The fourth-order valence-electron chi connectivity index (χ4n) is 2.52. The van der Waals surface area contributed by atoms with Crippen LogP contribution in [-0.2, 0) is 4.79 Å². The van der Waals surface area contributed by atoms with E-state index in [1.165, 1.54) is 12.1 Å². The summed E-state index contributed by atoms with van der Waals surface area (Å²) in [6, 6.07) is 9.70. The average Bonchev–Trinajstić information content (AvgIpc) is 2.60. The third-order valence-corrected chi connectivity index (χ3v) is 3.96. The van der Waals surface area contributed by atoms with Crippen LogP contribution in [0.1, 0.15) is 24.5 Å². The molecule has 0 spiro atoms. The van der Waals surface area contributed by atoms with Crippen LogP contribution in [0.15, 0.2) is 42.1 Å². The van der Waals surface area contributed by atoms with Crippen LogP contribution >= 0.6 is 0 Å². The highest BCUT2D eigenvalue weighted by molar-refractivity contribution is 6.01. The number of aryl methyl sites for hydroxylation is 1. The lowest BCUT2D eigenvalue weighted by Gasteiger charge is -2.15. The maximum absolute atomic E-state index is 13.6. The number of rotatable bonds is 5. The SMILES string of the molecule is CCCNC(=O)/C(N)=C(\N)c1cccc(-c2cc(F)ccc2C)c1N. The van der Waals surface area contributed by atoms with E-state index in [2.05, 4.69) is 5.32 Å². The molecule has 0 saturated carbocycles. The van der Waals surface area contributed by atoms with Crippen LogP contribution in [0.2, 0.25) is 0 Å². The quantitative estimate of drug-likeness (QED) is 0.494. The molecule has 7 N–H and O–H groups in total. The van der Waals surface area contributed by atoms with Crippen LogP contribution in [0.3, 0.4) is 0 Å². The van der Waals surface area contributed by atoms with Gasteiger partial charge in [-0.3, -0.25) is 4.79 Å². The van der Waals surface area contributed by atoms with E-state index in [4.69, 9.17) is 17.2 Å². The molecular weight excluding hydrogens is 319 g/mol. The summed E-state index contributed by atoms with van der Waals surface area (Å²) in [4.78, 5) is 12.0. The Hall–Kier alpha value is -3.02. The lowest BCUT2D eigenvalue weighted by atomic mass is 9.95. The van der Waals surface area contributed by atoms with Crippen molar-refractivity contribution in [3.63, 3.8) is 0 Å². The van der Waals surface area contributed by atoms with Crippen molar-refractivity contribution in [2.45, 2.75) is 20.3 Å². The number of anilines is 1. The number of nitrogen functional groups attached to an aromatic ring is 1. The number of halogens is 1. The second-order valence-electron chi connectivity index (χ2n) is 5.81. The molecule has 0 saturated heterocycles. The van der Waals surface area contributed by atoms with Crippen LogP contribution in [-0.4, -0.2) is 12.5 Å². The van der Waals surface area contributed by atoms with Crippen LogP contribution in [0, 0.1) is 12.7 Å². The van der Waals surface area contributed by atoms with Crippen molar-refractivity contribution in [1.82, 2.24) is 5.32 Å². The molecule has 0 radical (unpaired) electrons. The zero-order chi connectivity index (χ0) is 18.6. The number of nitrogens with two attached hydrogens (primary N) is 3. The fraction of sp³-hybridized carbons (Fsp3) is 0.211. The van der Waals surface area contributed by atoms with Gasteiger partial charge in [0, 0.05) is 23.4 Å². The fourth-order valence-corrected chi connectivity index (χ4v) is 2.52. The molecule has 132 valence electrons. The Morgan fingerprint density at radius 3 is 2.56 bits per heavy atom. The molecule has 0 unspecified atom stereocenters. The van der Waals surface area contributed by atoms with Crippen molar-refractivity contribution < 1.29 is 9.18 Å². The van der Waals surface area contributed by atoms with Gasteiger partial charge < -0.3 is 22.5 Å². The van der Waals surface area contributed by atoms with E-state index < -0.39 is 5.91 Å². The van der Waals surface area contributed by atoms with Gasteiger partial charge in [-0.05, 0) is 36.6 Å². The Balaban J connectivity index is 2.51. The Kier molecular flexibility index (Phi) is 5.64. The molecule has 0 fully saturated rings. The zero-order valence-corrected chi connectivity index (χ0v) is 14.4. The number of hydrogen-bond donors (Lipinski definition) is 4. The number of carbonyl (C=O) groups excluding carboxylic acids is 1. The minimum atomic E-state index is -0.439. The minimum Gasteiger partial charge on any atom is -0.398 e. The topological polar surface area (TPSA) is 107 Å². The Labute approximate surface area is 146 Å². The summed E-state index contributed by atoms with van der Waals surface area (Å²) in [5.41, 5.74) is 21.2. The summed E-state index contributed by atoms with van der Waals surface area (Å²) in [5.74, 6) is -0.793. The maximum atomic E-state index is 13.6. The van der Waals surface area contributed by atoms with Crippen molar-refractivity contribution in [1.29, 1.82) is 0 Å². The molecular formula is C19H23FN4O. The molecule has 0 heterocycles. The lowest BCUT2D eigenvalue weighted by molar-refractivity contribution is -0.117. The van der Waals surface area contributed by atoms with Gasteiger partial charge in [0.2, 0.25) is 0 Å². The van der Waals surface area contributed by atoms with Gasteiger partial charge in [0.05, 0.1) is 5.70 Å². The third kappa shape index (κ3) is 3.91. The molecule has 2 aromatic rings. The van der Waals surface area contributed by atoms with E-state index in [1.807, 2.05) is 13.8 Å². The monoisotopic (exact) mass is 342 g/mol. The van der Waals surface area contributed by atoms with Crippen molar-refractivity contribution in [2.75, 3.05) is 12.3 Å². The smallest absolute Gasteiger partial charge is 0.269 e. The highest BCUT2D eigenvalue weighted by Gasteiger charge is 2.16. The molecule has 0 bridgehead atoms. The molecule has 0 atom stereocenters. The Morgan fingerprint density at radius 2 is 1.88 bits per heavy atom. The molecule has 1 amide bonds. The number of amides is 1. The van der Waals surface area contributed by atoms with Gasteiger partial charge in [-0.1, -0.05) is 31.2 Å². The van der Waals surface area contributed by atoms with E-state index in [0.717, 1.165) is 12.0 Å². The molecule has 0 aliphatic rings. The second-order valence-corrected chi connectivity index (χ2v) is 5.81. The molecule has 2 aromatic carbocycles. The average molecular weight is 342 g/mol. The number of nitrogens with one attached hydrogen (secondary N) is 1. The highest BCUT2D eigenvalue weighted by Crippen LogP contribution is 2.33. The first kappa shape index (κ1) is 18.3. The molecule has 6 heteroatoms. The number of para-hydroxylation sites is 1. The Bertz CT molecular complexity index is 830. The van der Waals surface area contributed by atoms with Gasteiger partial charge in [0.15, 0.2) is 0 Å². The molecule has 5 nitrogen and oxygen atoms in total. The van der Waals surface area contributed by atoms with Gasteiger partial charge >= 0.3 is 0 Å². The second kappa shape index (κ2) is 7.70. The summed E-state index contributed by atoms with van der Waals surface area (Å²) in [6.45, 7) is 4.31. The van der Waals surface area contributed by atoms with Crippen LogP contribution in [0.25, 0.3) is 16.8 Å². The normalized spacial score (nSPS) is 11.8. The lowest BCUT2D eigenvalue weighted by Crippen LogP contribution is -2.31. The first-order valence-corrected chi connectivity index (χ1v) is 8.05. The van der Waals surface area contributed by atoms with Crippen LogP contribution in [0.5, 0.6) is 0 Å². The summed E-state index contributed by atoms with van der Waals surface area (Å²) >= 11 is 0. The summed E-state index contributed by atoms with van der Waals surface area (Å²) in [6.07, 6.45) is 0.787. The molecule has 0 aliphatic heterocycles. The molecule has 2 rings (SSSR count). The first-order valence-electron chi connectivity index (χ1n) is 8.05. The minimum absolute atomic E-state index is 0.0896. The van der Waals surface area contributed by atoms with E-state index in [0.29, 0.717) is 28.9 Å². The molecule has 0 aliphatic carbocycles. The summed E-state index contributed by atoms with van der Waals surface area (Å²) in [5, 5.41) is 2.67. The zero-order valence-electron chi connectivity index (χ0n) is 14.4. The van der Waals surface area contributed by atoms with Gasteiger partial charge in [0.25, 0.3) is 5.91 Å². The maximum Gasteiger partial charge on any atom is 0.269 e. The van der Waals surface area contributed by atoms with Crippen LogP contribution in [0.4, 0.5) is 10.1 Å². The largest absolute Gasteiger partial charge is 0.398 e. The molecule has 0 aromatic heterocycles. The van der Waals surface area contributed by atoms with Crippen molar-refractivity contribution in [3.8, 4) is 11.1 Å². The summed E-state index contributed by atoms with van der Waals surface area (Å²) in [7, 11) is 0. The van der Waals surface area contributed by atoms with E-state index >= 15 is 0 Å². The first-order chi connectivity index (χ1) is 11.9. The van der Waals surface area contributed by atoms with Crippen LogP contribution < -0.4 is 22.5 Å². The highest BCUT2D eigenvalue weighted by atomic mass is 19.1. The number of benzene rings is 2. The van der Waals surface area contributed by atoms with Gasteiger partial charge in [-0.25, -0.2) is 4.39 Å². The third-order valence-electron chi connectivity index (χ3n) is 3.96. The predicted octanol–water partition coefficient (Wildman–Crippen LogP) is 2.50. The summed E-state index contributed by atoms with van der Waals surface area (Å²) < 4.78 is 13.6. The van der Waals surface area contributed by atoms with E-state index in [-0.39, 0.29) is 17.2 Å². The Morgan fingerprint density at radius 1 is 1.16 bits per heavy atom. The molecule has 25 heavy (non-hydrogen) atoms. The van der Waals surface area contributed by atoms with Gasteiger partial charge in [-0.2, -0.15) is 0 Å². The van der Waals surface area contributed by atoms with E-state index in [1.54, 1.807) is 24.3 Å². The van der Waals surface area contributed by atoms with E-state index in [9.17, 15) is 9.18 Å².